The number of nitrogens with zero attached hydrogens (tertiary/aromatic N) is 4. The molecular formula is C17H22F3N5O. The zero-order valence-corrected chi connectivity index (χ0v) is 15.0. The Balaban J connectivity index is 1.74. The van der Waals surface area contributed by atoms with Crippen molar-refractivity contribution in [2.24, 2.45) is 0 Å². The first-order valence-corrected chi connectivity index (χ1v) is 8.67. The molecule has 1 N–H and O–H groups in total. The van der Waals surface area contributed by atoms with Gasteiger partial charge in [0, 0.05) is 37.4 Å². The van der Waals surface area contributed by atoms with E-state index in [9.17, 15) is 18.0 Å². The van der Waals surface area contributed by atoms with Crippen LogP contribution in [-0.2, 0) is 12.7 Å². The van der Waals surface area contributed by atoms with E-state index in [1.807, 2.05) is 13.8 Å². The van der Waals surface area contributed by atoms with Crippen LogP contribution >= 0.6 is 0 Å². The summed E-state index contributed by atoms with van der Waals surface area (Å²) in [6.07, 6.45) is -2.12. The lowest BCUT2D eigenvalue weighted by molar-refractivity contribution is -0.141. The van der Waals surface area contributed by atoms with E-state index < -0.39 is 17.8 Å². The Bertz CT molecular complexity index is 780. The Morgan fingerprint density at radius 1 is 1.31 bits per heavy atom. The minimum atomic E-state index is -4.65. The summed E-state index contributed by atoms with van der Waals surface area (Å²) in [5, 5.41) is 3.52. The van der Waals surface area contributed by atoms with Crippen LogP contribution in [0.5, 0.6) is 0 Å². The molecule has 0 saturated carbocycles. The van der Waals surface area contributed by atoms with Crippen molar-refractivity contribution >= 4 is 5.91 Å². The third-order valence-electron chi connectivity index (χ3n) is 4.90. The zero-order valence-electron chi connectivity index (χ0n) is 15.0. The SMILES string of the molecule is CCn1cc(C(=O)N2CCC(c3nc(C)c(C)[nH]3)CC2)c(C(F)(F)F)n1. The first kappa shape index (κ1) is 18.5. The number of hydrogen-bond acceptors (Lipinski definition) is 3. The molecule has 1 fully saturated rings. The third-order valence-corrected chi connectivity index (χ3v) is 4.90. The van der Waals surface area contributed by atoms with Crippen LogP contribution in [0.1, 0.15) is 58.9 Å². The van der Waals surface area contributed by atoms with E-state index in [2.05, 4.69) is 15.1 Å². The van der Waals surface area contributed by atoms with Crippen molar-refractivity contribution < 1.29 is 18.0 Å². The summed E-state index contributed by atoms with van der Waals surface area (Å²) in [5.41, 5.74) is 0.479. The van der Waals surface area contributed by atoms with Gasteiger partial charge in [-0.15, -0.1) is 0 Å². The topological polar surface area (TPSA) is 66.8 Å². The van der Waals surface area contributed by atoms with Crippen LogP contribution in [0.4, 0.5) is 13.2 Å². The maximum absolute atomic E-state index is 13.2. The molecule has 2 aromatic heterocycles. The number of likely N-dealkylation sites (tertiary alicyclic amines) is 1. The first-order chi connectivity index (χ1) is 12.2. The fourth-order valence-corrected chi connectivity index (χ4v) is 3.24. The van der Waals surface area contributed by atoms with Gasteiger partial charge in [-0.1, -0.05) is 0 Å². The van der Waals surface area contributed by atoms with Crippen LogP contribution < -0.4 is 0 Å². The maximum atomic E-state index is 13.2. The Hall–Kier alpha value is -2.32. The van der Waals surface area contributed by atoms with E-state index in [0.717, 1.165) is 21.9 Å². The van der Waals surface area contributed by atoms with Crippen LogP contribution in [-0.4, -0.2) is 43.6 Å². The number of nitrogens with one attached hydrogen (secondary N) is 1. The number of H-pyrrole nitrogens is 1. The molecule has 0 atom stereocenters. The molecule has 3 rings (SSSR count). The van der Waals surface area contributed by atoms with Gasteiger partial charge in [0.05, 0.1) is 11.3 Å². The van der Waals surface area contributed by atoms with Crippen molar-refractivity contribution in [3.63, 3.8) is 0 Å². The van der Waals surface area contributed by atoms with Crippen molar-refractivity contribution in [3.05, 3.63) is 34.7 Å². The van der Waals surface area contributed by atoms with Gasteiger partial charge in [-0.3, -0.25) is 9.48 Å². The predicted molar refractivity (Wildman–Crippen MR) is 88.8 cm³/mol. The number of piperidine rings is 1. The molecule has 2 aromatic rings. The van der Waals surface area contributed by atoms with Crippen LogP contribution in [0.25, 0.3) is 0 Å². The molecule has 1 aliphatic heterocycles. The van der Waals surface area contributed by atoms with Crippen LogP contribution in [0.3, 0.4) is 0 Å². The number of amides is 1. The van der Waals surface area contributed by atoms with Crippen molar-refractivity contribution in [3.8, 4) is 0 Å². The number of alkyl halides is 3. The van der Waals surface area contributed by atoms with E-state index >= 15 is 0 Å². The molecule has 1 amide bonds. The average Bonchev–Trinajstić information content (AvgIpc) is 3.18. The van der Waals surface area contributed by atoms with E-state index in [1.54, 1.807) is 6.92 Å². The fourth-order valence-electron chi connectivity index (χ4n) is 3.24. The lowest BCUT2D eigenvalue weighted by atomic mass is 9.95. The molecule has 0 bridgehead atoms. The molecule has 26 heavy (non-hydrogen) atoms. The van der Waals surface area contributed by atoms with E-state index in [1.165, 1.54) is 11.1 Å². The largest absolute Gasteiger partial charge is 0.435 e. The van der Waals surface area contributed by atoms with E-state index in [0.29, 0.717) is 25.9 Å². The lowest BCUT2D eigenvalue weighted by Gasteiger charge is -2.31. The summed E-state index contributed by atoms with van der Waals surface area (Å²) in [5.74, 6) is 0.469. The Morgan fingerprint density at radius 2 is 1.96 bits per heavy atom. The second-order valence-electron chi connectivity index (χ2n) is 6.64. The zero-order chi connectivity index (χ0) is 19.1. The number of aryl methyl sites for hydroxylation is 3. The second-order valence-corrected chi connectivity index (χ2v) is 6.64. The smallest absolute Gasteiger partial charge is 0.346 e. The molecule has 3 heterocycles. The monoisotopic (exact) mass is 369 g/mol. The van der Waals surface area contributed by atoms with Gasteiger partial charge in [0.2, 0.25) is 0 Å². The molecule has 0 radical (unpaired) electrons. The number of aromatic amines is 1. The molecule has 1 saturated heterocycles. The highest BCUT2D eigenvalue weighted by molar-refractivity contribution is 5.95. The van der Waals surface area contributed by atoms with Gasteiger partial charge in [0.15, 0.2) is 5.69 Å². The molecule has 1 aliphatic rings. The molecule has 0 aliphatic carbocycles. The minimum Gasteiger partial charge on any atom is -0.346 e. The summed E-state index contributed by atoms with van der Waals surface area (Å²) >= 11 is 0. The molecule has 0 unspecified atom stereocenters. The average molecular weight is 369 g/mol. The Morgan fingerprint density at radius 3 is 2.46 bits per heavy atom. The summed E-state index contributed by atoms with van der Waals surface area (Å²) < 4.78 is 40.7. The number of hydrogen-bond donors (Lipinski definition) is 1. The van der Waals surface area contributed by atoms with Gasteiger partial charge >= 0.3 is 6.18 Å². The van der Waals surface area contributed by atoms with Gasteiger partial charge in [-0.05, 0) is 33.6 Å². The van der Waals surface area contributed by atoms with Gasteiger partial charge in [-0.2, -0.15) is 18.3 Å². The van der Waals surface area contributed by atoms with E-state index in [4.69, 9.17) is 0 Å². The van der Waals surface area contributed by atoms with Crippen molar-refractivity contribution in [1.82, 2.24) is 24.6 Å². The Kier molecular flexibility index (Phi) is 4.81. The number of carbonyl (C=O) groups excluding carboxylic acids is 1. The van der Waals surface area contributed by atoms with Gasteiger partial charge in [-0.25, -0.2) is 4.98 Å². The second kappa shape index (κ2) is 6.77. The number of carbonyl (C=O) groups is 1. The number of halogens is 3. The number of rotatable bonds is 3. The standard InChI is InChI=1S/C17H22F3N5O/c1-4-25-9-13(14(23-25)17(18,19)20)16(26)24-7-5-12(6-8-24)15-21-10(2)11(3)22-15/h9,12H,4-8H2,1-3H3,(H,21,22). The molecule has 142 valence electrons. The highest BCUT2D eigenvalue weighted by Gasteiger charge is 2.40. The van der Waals surface area contributed by atoms with Gasteiger partial charge in [0.25, 0.3) is 5.91 Å². The van der Waals surface area contributed by atoms with Gasteiger partial charge in [0.1, 0.15) is 5.82 Å². The molecule has 0 spiro atoms. The van der Waals surface area contributed by atoms with Crippen molar-refractivity contribution in [2.45, 2.75) is 52.3 Å². The maximum Gasteiger partial charge on any atom is 0.435 e. The highest BCUT2D eigenvalue weighted by Crippen LogP contribution is 2.33. The highest BCUT2D eigenvalue weighted by atomic mass is 19.4. The summed E-state index contributed by atoms with van der Waals surface area (Å²) in [4.78, 5) is 21.9. The minimum absolute atomic E-state index is 0.187. The Labute approximate surface area is 149 Å². The van der Waals surface area contributed by atoms with E-state index in [-0.39, 0.29) is 18.0 Å². The summed E-state index contributed by atoms with van der Waals surface area (Å²) in [7, 11) is 0. The quantitative estimate of drug-likeness (QED) is 0.903. The lowest BCUT2D eigenvalue weighted by Crippen LogP contribution is -2.38. The molecule has 6 nitrogen and oxygen atoms in total. The normalized spacial score (nSPS) is 16.3. The molecule has 9 heteroatoms. The van der Waals surface area contributed by atoms with Crippen molar-refractivity contribution in [2.75, 3.05) is 13.1 Å². The number of imidazole rings is 1. The van der Waals surface area contributed by atoms with Crippen LogP contribution in [0.2, 0.25) is 0 Å². The van der Waals surface area contributed by atoms with Gasteiger partial charge < -0.3 is 9.88 Å². The number of aromatic nitrogens is 4. The summed E-state index contributed by atoms with van der Waals surface area (Å²) in [6, 6.07) is 0. The van der Waals surface area contributed by atoms with Crippen molar-refractivity contribution in [1.29, 1.82) is 0 Å². The van der Waals surface area contributed by atoms with Crippen LogP contribution in [0, 0.1) is 13.8 Å². The molecular weight excluding hydrogens is 347 g/mol. The third kappa shape index (κ3) is 3.47. The molecule has 0 aromatic carbocycles. The fraction of sp³-hybridized carbons (Fsp3) is 0.588. The van der Waals surface area contributed by atoms with Crippen LogP contribution in [0.15, 0.2) is 6.20 Å². The summed E-state index contributed by atoms with van der Waals surface area (Å²) in [6.45, 7) is 6.64. The first-order valence-electron chi connectivity index (χ1n) is 8.67. The predicted octanol–water partition coefficient (Wildman–Crippen LogP) is 3.28.